The van der Waals surface area contributed by atoms with Crippen LogP contribution in [-0.4, -0.2) is 58.7 Å². The number of hydrogen-bond acceptors (Lipinski definition) is 4. The number of rotatable bonds is 5. The van der Waals surface area contributed by atoms with Crippen LogP contribution in [0.2, 0.25) is 0 Å². The molecule has 0 fully saturated rings. The maximum absolute atomic E-state index is 12.4. The summed E-state index contributed by atoms with van der Waals surface area (Å²) in [4.78, 5) is 14.0. The highest BCUT2D eigenvalue weighted by Gasteiger charge is 2.32. The molecule has 1 amide bonds. The molecular weight excluding hydrogens is 338 g/mol. The molecule has 1 aliphatic heterocycles. The molecule has 23 heavy (non-hydrogen) atoms. The normalized spacial score (nSPS) is 16.7. The molecule has 1 aliphatic rings. The summed E-state index contributed by atoms with van der Waals surface area (Å²) in [7, 11) is 0.308. The first-order chi connectivity index (χ1) is 10.3. The van der Waals surface area contributed by atoms with E-state index in [1.807, 2.05) is 20.0 Å². The number of likely N-dealkylation sites (N-methyl/N-ethyl adjacent to an activating group) is 2. The van der Waals surface area contributed by atoms with E-state index in [2.05, 4.69) is 5.32 Å². The Hall–Kier alpha value is -1.31. The zero-order valence-corrected chi connectivity index (χ0v) is 15.5. The molecule has 0 radical (unpaired) electrons. The Morgan fingerprint density at radius 2 is 2.09 bits per heavy atom. The fourth-order valence-corrected chi connectivity index (χ4v) is 4.11. The van der Waals surface area contributed by atoms with E-state index in [1.54, 1.807) is 24.1 Å². The highest BCUT2D eigenvalue weighted by atomic mass is 35.5. The van der Waals surface area contributed by atoms with Crippen LogP contribution in [-0.2, 0) is 16.4 Å². The van der Waals surface area contributed by atoms with E-state index >= 15 is 0 Å². The van der Waals surface area contributed by atoms with E-state index in [4.69, 9.17) is 0 Å². The molecule has 1 unspecified atom stereocenters. The van der Waals surface area contributed by atoms with Crippen LogP contribution in [0.25, 0.3) is 0 Å². The molecule has 130 valence electrons. The zero-order chi connectivity index (χ0) is 16.5. The van der Waals surface area contributed by atoms with Crippen LogP contribution < -0.4 is 9.62 Å². The molecule has 1 aromatic carbocycles. The zero-order valence-electron chi connectivity index (χ0n) is 13.9. The van der Waals surface area contributed by atoms with Crippen LogP contribution >= 0.6 is 12.4 Å². The van der Waals surface area contributed by atoms with Crippen molar-refractivity contribution >= 4 is 34.0 Å². The molecule has 6 nitrogen and oxygen atoms in total. The van der Waals surface area contributed by atoms with Crippen molar-refractivity contribution in [2.75, 3.05) is 37.7 Å². The number of amides is 1. The Morgan fingerprint density at radius 3 is 2.65 bits per heavy atom. The number of nitrogens with zero attached hydrogens (tertiary/aromatic N) is 2. The molecule has 1 heterocycles. The minimum atomic E-state index is -3.30. The fraction of sp³-hybridized carbons (Fsp3) is 0.533. The molecule has 0 bridgehead atoms. The Balaban J connectivity index is 0.00000264. The third kappa shape index (κ3) is 4.16. The van der Waals surface area contributed by atoms with Crippen LogP contribution in [0, 0.1) is 0 Å². The van der Waals surface area contributed by atoms with Crippen LogP contribution in [0.3, 0.4) is 0 Å². The number of halogens is 1. The molecule has 1 N–H and O–H groups in total. The summed E-state index contributed by atoms with van der Waals surface area (Å²) in [5.41, 5.74) is 2.19. The van der Waals surface area contributed by atoms with E-state index in [0.29, 0.717) is 24.2 Å². The number of hydrogen-bond donors (Lipinski definition) is 1. The van der Waals surface area contributed by atoms with Gasteiger partial charge in [-0.15, -0.1) is 12.4 Å². The van der Waals surface area contributed by atoms with Gasteiger partial charge in [0.2, 0.25) is 10.0 Å². The van der Waals surface area contributed by atoms with Gasteiger partial charge in [-0.3, -0.25) is 9.10 Å². The lowest BCUT2D eigenvalue weighted by Gasteiger charge is -2.22. The third-order valence-electron chi connectivity index (χ3n) is 3.88. The molecule has 8 heteroatoms. The number of anilines is 1. The highest BCUT2D eigenvalue weighted by molar-refractivity contribution is 7.92. The van der Waals surface area contributed by atoms with Gasteiger partial charge in [-0.1, -0.05) is 0 Å². The van der Waals surface area contributed by atoms with Crippen molar-refractivity contribution in [3.63, 3.8) is 0 Å². The smallest absolute Gasteiger partial charge is 0.253 e. The predicted octanol–water partition coefficient (Wildman–Crippen LogP) is 1.11. The van der Waals surface area contributed by atoms with Crippen molar-refractivity contribution in [1.82, 2.24) is 10.2 Å². The van der Waals surface area contributed by atoms with Crippen LogP contribution in [0.15, 0.2) is 18.2 Å². The van der Waals surface area contributed by atoms with Crippen molar-refractivity contribution in [3.05, 3.63) is 29.3 Å². The quantitative estimate of drug-likeness (QED) is 0.853. The number of carbonyl (C=O) groups is 1. The van der Waals surface area contributed by atoms with Gasteiger partial charge in [-0.2, -0.15) is 0 Å². The highest BCUT2D eigenvalue weighted by Crippen LogP contribution is 2.34. The number of nitrogens with one attached hydrogen (secondary N) is 1. The summed E-state index contributed by atoms with van der Waals surface area (Å²) in [5, 5.41) is 3.01. The average Bonchev–Trinajstić information content (AvgIpc) is 2.78. The average molecular weight is 362 g/mol. The summed E-state index contributed by atoms with van der Waals surface area (Å²) in [6, 6.07) is 5.14. The van der Waals surface area contributed by atoms with Gasteiger partial charge in [0.25, 0.3) is 5.91 Å². The monoisotopic (exact) mass is 361 g/mol. The van der Waals surface area contributed by atoms with E-state index in [1.165, 1.54) is 10.6 Å². The van der Waals surface area contributed by atoms with Gasteiger partial charge in [-0.25, -0.2) is 8.42 Å². The van der Waals surface area contributed by atoms with Crippen molar-refractivity contribution in [2.45, 2.75) is 19.4 Å². The van der Waals surface area contributed by atoms with Crippen LogP contribution in [0.4, 0.5) is 5.69 Å². The Bertz CT molecular complexity index is 679. The molecule has 1 atom stereocenters. The van der Waals surface area contributed by atoms with E-state index in [0.717, 1.165) is 12.1 Å². The van der Waals surface area contributed by atoms with Gasteiger partial charge in [0.15, 0.2) is 0 Å². The summed E-state index contributed by atoms with van der Waals surface area (Å²) >= 11 is 0. The van der Waals surface area contributed by atoms with Gasteiger partial charge in [0, 0.05) is 31.7 Å². The molecule has 1 aromatic rings. The molecule has 0 aliphatic carbocycles. The molecular formula is C15H24ClN3O3S. The second kappa shape index (κ2) is 7.51. The maximum atomic E-state index is 12.4. The molecule has 2 rings (SSSR count). The first-order valence-corrected chi connectivity index (χ1v) is 9.13. The Kier molecular flexibility index (Phi) is 6.44. The first-order valence-electron chi connectivity index (χ1n) is 7.28. The van der Waals surface area contributed by atoms with Crippen LogP contribution in [0.5, 0.6) is 0 Å². The van der Waals surface area contributed by atoms with E-state index in [-0.39, 0.29) is 24.4 Å². The fourth-order valence-electron chi connectivity index (χ4n) is 2.84. The molecule has 0 aromatic heterocycles. The lowest BCUT2D eigenvalue weighted by molar-refractivity contribution is 0.0797. The number of benzene rings is 1. The second-order valence-electron chi connectivity index (χ2n) is 5.79. The third-order valence-corrected chi connectivity index (χ3v) is 5.15. The largest absolute Gasteiger partial charge is 0.340 e. The number of carbonyl (C=O) groups excluding carboxylic acids is 1. The lowest BCUT2D eigenvalue weighted by Crippen LogP contribution is -2.34. The number of fused-ring (bicyclic) bond motifs is 1. The Labute approximate surface area is 144 Å². The minimum absolute atomic E-state index is 0. The summed E-state index contributed by atoms with van der Waals surface area (Å²) in [5.74, 6) is -0.0523. The summed E-state index contributed by atoms with van der Waals surface area (Å²) in [6.45, 7) is 3.23. The van der Waals surface area contributed by atoms with Crippen molar-refractivity contribution in [2.24, 2.45) is 0 Å². The van der Waals surface area contributed by atoms with E-state index < -0.39 is 10.0 Å². The van der Waals surface area contributed by atoms with Crippen molar-refractivity contribution in [1.29, 1.82) is 0 Å². The Morgan fingerprint density at radius 1 is 1.43 bits per heavy atom. The van der Waals surface area contributed by atoms with Gasteiger partial charge in [-0.05, 0) is 44.2 Å². The summed E-state index contributed by atoms with van der Waals surface area (Å²) in [6.07, 6.45) is 1.84. The SMILES string of the molecule is CNCCN(C)C(=O)c1ccc2c(c1)CC(C)N2S(C)(=O)=O.Cl. The van der Waals surface area contributed by atoms with E-state index in [9.17, 15) is 13.2 Å². The van der Waals surface area contributed by atoms with Crippen molar-refractivity contribution < 1.29 is 13.2 Å². The standard InChI is InChI=1S/C15H23N3O3S.ClH/c1-11-9-13-10-12(15(19)17(3)8-7-16-2)5-6-14(13)18(11)22(4,20)21;/h5-6,10-11,16H,7-9H2,1-4H3;1H. The van der Waals surface area contributed by atoms with Gasteiger partial charge in [0.1, 0.15) is 0 Å². The first kappa shape index (κ1) is 19.7. The van der Waals surface area contributed by atoms with Crippen molar-refractivity contribution in [3.8, 4) is 0 Å². The molecule has 0 spiro atoms. The number of sulfonamides is 1. The van der Waals surface area contributed by atoms with Gasteiger partial charge in [0.05, 0.1) is 11.9 Å². The van der Waals surface area contributed by atoms with Gasteiger partial charge < -0.3 is 10.2 Å². The molecule has 0 saturated carbocycles. The maximum Gasteiger partial charge on any atom is 0.253 e. The minimum Gasteiger partial charge on any atom is -0.340 e. The second-order valence-corrected chi connectivity index (χ2v) is 7.65. The molecule has 0 saturated heterocycles. The lowest BCUT2D eigenvalue weighted by atomic mass is 10.1. The van der Waals surface area contributed by atoms with Crippen LogP contribution in [0.1, 0.15) is 22.8 Å². The summed E-state index contributed by atoms with van der Waals surface area (Å²) < 4.78 is 25.2. The topological polar surface area (TPSA) is 69.7 Å². The predicted molar refractivity (Wildman–Crippen MR) is 95.1 cm³/mol. The van der Waals surface area contributed by atoms with Gasteiger partial charge >= 0.3 is 0 Å².